The van der Waals surface area contributed by atoms with Gasteiger partial charge >= 0.3 is 5.69 Å². The molecule has 0 bridgehead atoms. The first-order valence-electron chi connectivity index (χ1n) is 8.42. The first-order valence-corrected chi connectivity index (χ1v) is 9.86. The smallest absolute Gasteiger partial charge is 0.310 e. The van der Waals surface area contributed by atoms with Gasteiger partial charge in [0.05, 0.1) is 23.0 Å². The zero-order chi connectivity index (χ0) is 19.4. The van der Waals surface area contributed by atoms with Gasteiger partial charge in [0, 0.05) is 19.2 Å². The van der Waals surface area contributed by atoms with Crippen LogP contribution < -0.4 is 4.74 Å². The van der Waals surface area contributed by atoms with E-state index in [1.165, 1.54) is 22.5 Å². The van der Waals surface area contributed by atoms with E-state index in [-0.39, 0.29) is 22.9 Å². The molecule has 0 radical (unpaired) electrons. The Morgan fingerprint density at radius 3 is 2.63 bits per heavy atom. The number of aryl methyl sites for hydroxylation is 1. The Morgan fingerprint density at radius 2 is 1.93 bits per heavy atom. The van der Waals surface area contributed by atoms with Gasteiger partial charge in [-0.25, -0.2) is 8.42 Å². The summed E-state index contributed by atoms with van der Waals surface area (Å²) in [6.45, 7) is 3.22. The molecule has 0 atom stereocenters. The molecule has 27 heavy (non-hydrogen) atoms. The van der Waals surface area contributed by atoms with E-state index in [1.54, 1.807) is 24.3 Å². The highest BCUT2D eigenvalue weighted by Crippen LogP contribution is 2.29. The van der Waals surface area contributed by atoms with Gasteiger partial charge in [0.1, 0.15) is 6.61 Å². The van der Waals surface area contributed by atoms with Gasteiger partial charge in [0.15, 0.2) is 5.75 Å². The van der Waals surface area contributed by atoms with E-state index in [4.69, 9.17) is 9.47 Å². The second-order valence-corrected chi connectivity index (χ2v) is 8.12. The molecule has 0 saturated carbocycles. The molecule has 1 heterocycles. The topological polar surface area (TPSA) is 99.0 Å². The third-order valence-corrected chi connectivity index (χ3v) is 6.11. The Bertz CT molecular complexity index is 939. The monoisotopic (exact) mass is 392 g/mol. The van der Waals surface area contributed by atoms with E-state index in [0.717, 1.165) is 5.56 Å². The van der Waals surface area contributed by atoms with E-state index in [2.05, 4.69) is 0 Å². The van der Waals surface area contributed by atoms with Crippen molar-refractivity contribution in [2.45, 2.75) is 18.4 Å². The average Bonchev–Trinajstić information content (AvgIpc) is 2.67. The molecule has 0 aliphatic carbocycles. The van der Waals surface area contributed by atoms with Crippen molar-refractivity contribution in [2.75, 3.05) is 26.3 Å². The van der Waals surface area contributed by atoms with Gasteiger partial charge in [-0.1, -0.05) is 18.2 Å². The van der Waals surface area contributed by atoms with Crippen molar-refractivity contribution in [2.24, 2.45) is 0 Å². The van der Waals surface area contributed by atoms with Crippen molar-refractivity contribution < 1.29 is 22.8 Å². The molecular formula is C18H20N2O6S. The summed E-state index contributed by atoms with van der Waals surface area (Å²) >= 11 is 0. The molecule has 2 aromatic carbocycles. The number of sulfonamides is 1. The number of hydrogen-bond acceptors (Lipinski definition) is 6. The summed E-state index contributed by atoms with van der Waals surface area (Å²) in [5.74, 6) is 0.154. The quantitative estimate of drug-likeness (QED) is 0.553. The van der Waals surface area contributed by atoms with Gasteiger partial charge in [-0.05, 0) is 36.2 Å². The molecule has 1 saturated heterocycles. The number of nitro benzene ring substituents is 1. The van der Waals surface area contributed by atoms with Gasteiger partial charge in [-0.2, -0.15) is 4.31 Å². The molecule has 1 aliphatic heterocycles. The summed E-state index contributed by atoms with van der Waals surface area (Å²) in [5, 5.41) is 11.1. The summed E-state index contributed by atoms with van der Waals surface area (Å²) in [4.78, 5) is 10.8. The third-order valence-electron chi connectivity index (χ3n) is 4.21. The van der Waals surface area contributed by atoms with Crippen molar-refractivity contribution in [1.29, 1.82) is 0 Å². The van der Waals surface area contributed by atoms with Crippen molar-refractivity contribution in [3.63, 3.8) is 0 Å². The van der Waals surface area contributed by atoms with Gasteiger partial charge in [0.2, 0.25) is 10.0 Å². The van der Waals surface area contributed by atoms with Crippen LogP contribution in [0.5, 0.6) is 5.75 Å². The van der Waals surface area contributed by atoms with Gasteiger partial charge in [-0.3, -0.25) is 10.1 Å². The second kappa shape index (κ2) is 8.03. The third kappa shape index (κ3) is 4.44. The summed E-state index contributed by atoms with van der Waals surface area (Å²) in [5.41, 5.74) is 1.32. The lowest BCUT2D eigenvalue weighted by Gasteiger charge is -2.26. The van der Waals surface area contributed by atoms with Crippen LogP contribution in [-0.2, 0) is 21.4 Å². The fourth-order valence-corrected chi connectivity index (χ4v) is 4.26. The van der Waals surface area contributed by atoms with Crippen LogP contribution in [0.25, 0.3) is 0 Å². The van der Waals surface area contributed by atoms with Crippen LogP contribution in [0.3, 0.4) is 0 Å². The molecule has 0 N–H and O–H groups in total. The number of nitro groups is 1. The molecule has 2 aromatic rings. The maximum absolute atomic E-state index is 12.7. The number of rotatable bonds is 6. The molecule has 1 aliphatic rings. The molecule has 144 valence electrons. The van der Waals surface area contributed by atoms with Gasteiger partial charge in [0.25, 0.3) is 0 Å². The lowest BCUT2D eigenvalue weighted by molar-refractivity contribution is -0.386. The zero-order valence-electron chi connectivity index (χ0n) is 14.8. The van der Waals surface area contributed by atoms with Crippen LogP contribution in [0, 0.1) is 17.0 Å². The van der Waals surface area contributed by atoms with Crippen LogP contribution in [0.1, 0.15) is 11.1 Å². The normalized spacial score (nSPS) is 15.4. The molecule has 1 fully saturated rings. The highest BCUT2D eigenvalue weighted by Gasteiger charge is 2.26. The fraction of sp³-hybridized carbons (Fsp3) is 0.333. The van der Waals surface area contributed by atoms with Crippen LogP contribution in [0.4, 0.5) is 5.69 Å². The number of morpholine rings is 1. The molecule has 0 spiro atoms. The highest BCUT2D eigenvalue weighted by molar-refractivity contribution is 7.89. The lowest BCUT2D eigenvalue weighted by Crippen LogP contribution is -2.40. The Kier molecular flexibility index (Phi) is 5.73. The van der Waals surface area contributed by atoms with E-state index in [1.807, 2.05) is 6.92 Å². The molecule has 0 amide bonds. The summed E-state index contributed by atoms with van der Waals surface area (Å²) in [6, 6.07) is 11.0. The zero-order valence-corrected chi connectivity index (χ0v) is 15.6. The molecule has 0 aromatic heterocycles. The van der Waals surface area contributed by atoms with Crippen molar-refractivity contribution in [1.82, 2.24) is 4.31 Å². The van der Waals surface area contributed by atoms with E-state index < -0.39 is 14.9 Å². The van der Waals surface area contributed by atoms with Crippen LogP contribution >= 0.6 is 0 Å². The van der Waals surface area contributed by atoms with Crippen LogP contribution in [0.15, 0.2) is 47.4 Å². The Labute approximate surface area is 157 Å². The van der Waals surface area contributed by atoms with Crippen LogP contribution in [-0.4, -0.2) is 43.9 Å². The second-order valence-electron chi connectivity index (χ2n) is 6.18. The summed E-state index contributed by atoms with van der Waals surface area (Å²) < 4.78 is 37.7. The molecule has 8 nitrogen and oxygen atoms in total. The van der Waals surface area contributed by atoms with E-state index in [9.17, 15) is 18.5 Å². The molecule has 0 unspecified atom stereocenters. The maximum Gasteiger partial charge on any atom is 0.310 e. The predicted octanol–water partition coefficient (Wildman–Crippen LogP) is 2.50. The lowest BCUT2D eigenvalue weighted by atomic mass is 10.2. The first-order chi connectivity index (χ1) is 12.9. The number of benzene rings is 2. The minimum absolute atomic E-state index is 0.0246. The highest BCUT2D eigenvalue weighted by atomic mass is 32.2. The summed E-state index contributed by atoms with van der Waals surface area (Å²) in [7, 11) is -3.61. The van der Waals surface area contributed by atoms with Gasteiger partial charge in [-0.15, -0.1) is 0 Å². The fourth-order valence-electron chi connectivity index (χ4n) is 2.78. The minimum Gasteiger partial charge on any atom is -0.482 e. The number of hydrogen-bond donors (Lipinski definition) is 0. The molecular weight excluding hydrogens is 372 g/mol. The Balaban J connectivity index is 1.79. The van der Waals surface area contributed by atoms with Crippen molar-refractivity contribution in [3.8, 4) is 5.75 Å². The maximum atomic E-state index is 12.7. The molecule has 9 heteroatoms. The Morgan fingerprint density at radius 1 is 1.19 bits per heavy atom. The van der Waals surface area contributed by atoms with Crippen LogP contribution in [0.2, 0.25) is 0 Å². The van der Waals surface area contributed by atoms with Crippen molar-refractivity contribution >= 4 is 15.7 Å². The largest absolute Gasteiger partial charge is 0.482 e. The number of nitrogens with zero attached hydrogens (tertiary/aromatic N) is 2. The molecule has 3 rings (SSSR count). The first kappa shape index (κ1) is 19.3. The van der Waals surface area contributed by atoms with Gasteiger partial charge < -0.3 is 9.47 Å². The SMILES string of the molecule is Cc1ccc([N+](=O)[O-])c(OCc2cccc(S(=O)(=O)N3CCOCC3)c2)c1. The average molecular weight is 392 g/mol. The minimum atomic E-state index is -3.61. The number of ether oxygens (including phenoxy) is 2. The Hall–Kier alpha value is -2.49. The van der Waals surface area contributed by atoms with E-state index >= 15 is 0 Å². The van der Waals surface area contributed by atoms with E-state index in [0.29, 0.717) is 31.9 Å². The summed E-state index contributed by atoms with van der Waals surface area (Å²) in [6.07, 6.45) is 0. The van der Waals surface area contributed by atoms with Crippen molar-refractivity contribution in [3.05, 3.63) is 63.7 Å². The standard InChI is InChI=1S/C18H20N2O6S/c1-14-5-6-17(20(21)22)18(11-14)26-13-15-3-2-4-16(12-15)27(23,24)19-7-9-25-10-8-19/h2-6,11-12H,7-10,13H2,1H3. The predicted molar refractivity (Wildman–Crippen MR) is 98.2 cm³/mol.